The van der Waals surface area contributed by atoms with Crippen molar-refractivity contribution in [1.82, 2.24) is 9.78 Å². The van der Waals surface area contributed by atoms with E-state index in [4.69, 9.17) is 0 Å². The Labute approximate surface area is 61.9 Å². The highest BCUT2D eigenvalue weighted by Gasteiger charge is 2.01. The first kappa shape index (κ1) is 7.32. The van der Waals surface area contributed by atoms with E-state index in [9.17, 15) is 0 Å². The van der Waals surface area contributed by atoms with Crippen LogP contribution in [0.2, 0.25) is 0 Å². The van der Waals surface area contributed by atoms with Gasteiger partial charge in [-0.3, -0.25) is 4.68 Å². The molecule has 1 aromatic rings. The molecule has 0 aliphatic carbocycles. The number of nitrogens with zero attached hydrogens (tertiary/aromatic N) is 2. The van der Waals surface area contributed by atoms with Crippen molar-refractivity contribution in [2.24, 2.45) is 0 Å². The molecular weight excluding hydrogens is 124 g/mol. The smallest absolute Gasteiger partial charge is 0.0653 e. The van der Waals surface area contributed by atoms with Gasteiger partial charge in [0, 0.05) is 6.20 Å². The Kier molecular flexibility index (Phi) is 2.10. The SMILES string of the molecule is [CH2]n1cc(CC)c(CC)n1. The summed E-state index contributed by atoms with van der Waals surface area (Å²) in [6.45, 7) is 4.25. The van der Waals surface area contributed by atoms with Crippen molar-refractivity contribution < 1.29 is 0 Å². The highest BCUT2D eigenvalue weighted by atomic mass is 15.2. The van der Waals surface area contributed by atoms with Gasteiger partial charge in [-0.05, 0) is 18.4 Å². The molecule has 10 heavy (non-hydrogen) atoms. The fourth-order valence-electron chi connectivity index (χ4n) is 1.10. The molecule has 55 valence electrons. The summed E-state index contributed by atoms with van der Waals surface area (Å²) in [5, 5.41) is 4.21. The third-order valence-corrected chi connectivity index (χ3v) is 1.64. The molecule has 1 heterocycles. The molecular formula is C8H13N2. The molecule has 0 aliphatic heterocycles. The lowest BCUT2D eigenvalue weighted by molar-refractivity contribution is 0.837. The van der Waals surface area contributed by atoms with Crippen LogP contribution in [0.5, 0.6) is 0 Å². The monoisotopic (exact) mass is 137 g/mol. The van der Waals surface area contributed by atoms with E-state index in [0.29, 0.717) is 0 Å². The molecule has 0 amide bonds. The van der Waals surface area contributed by atoms with Gasteiger partial charge in [-0.15, -0.1) is 0 Å². The van der Waals surface area contributed by atoms with E-state index < -0.39 is 0 Å². The van der Waals surface area contributed by atoms with E-state index in [1.165, 1.54) is 11.3 Å². The zero-order chi connectivity index (χ0) is 7.56. The van der Waals surface area contributed by atoms with Crippen LogP contribution in [0.3, 0.4) is 0 Å². The number of hydrogen-bond donors (Lipinski definition) is 0. The zero-order valence-electron chi connectivity index (χ0n) is 6.59. The quantitative estimate of drug-likeness (QED) is 0.606. The third kappa shape index (κ3) is 1.20. The summed E-state index contributed by atoms with van der Waals surface area (Å²) in [4.78, 5) is 0. The van der Waals surface area contributed by atoms with Gasteiger partial charge in [-0.1, -0.05) is 13.8 Å². The maximum Gasteiger partial charge on any atom is 0.0653 e. The second-order valence-corrected chi connectivity index (χ2v) is 2.35. The molecule has 1 aromatic heterocycles. The molecule has 0 saturated heterocycles. The van der Waals surface area contributed by atoms with Crippen LogP contribution in [0.25, 0.3) is 0 Å². The van der Waals surface area contributed by atoms with Crippen molar-refractivity contribution in [1.29, 1.82) is 0 Å². The average Bonchev–Trinajstić information content (AvgIpc) is 2.30. The fourth-order valence-corrected chi connectivity index (χ4v) is 1.10. The van der Waals surface area contributed by atoms with Gasteiger partial charge in [-0.25, -0.2) is 0 Å². The topological polar surface area (TPSA) is 17.8 Å². The molecule has 0 aromatic carbocycles. The Bertz CT molecular complexity index is 192. The van der Waals surface area contributed by atoms with Gasteiger partial charge >= 0.3 is 0 Å². The molecule has 0 unspecified atom stereocenters. The Morgan fingerprint density at radius 2 is 2.20 bits per heavy atom. The van der Waals surface area contributed by atoms with Crippen molar-refractivity contribution in [3.8, 4) is 0 Å². The van der Waals surface area contributed by atoms with Crippen molar-refractivity contribution in [3.63, 3.8) is 0 Å². The molecule has 1 radical (unpaired) electrons. The van der Waals surface area contributed by atoms with E-state index in [2.05, 4.69) is 26.0 Å². The summed E-state index contributed by atoms with van der Waals surface area (Å²) < 4.78 is 1.64. The van der Waals surface area contributed by atoms with Crippen LogP contribution in [0, 0.1) is 7.05 Å². The summed E-state index contributed by atoms with van der Waals surface area (Å²) in [6.07, 6.45) is 4.04. The second-order valence-electron chi connectivity index (χ2n) is 2.35. The van der Waals surface area contributed by atoms with Gasteiger partial charge in [0.2, 0.25) is 0 Å². The molecule has 0 fully saturated rings. The Hall–Kier alpha value is -0.790. The molecule has 0 saturated carbocycles. The fraction of sp³-hybridized carbons (Fsp3) is 0.500. The number of hydrogen-bond acceptors (Lipinski definition) is 1. The lowest BCUT2D eigenvalue weighted by Gasteiger charge is -1.90. The van der Waals surface area contributed by atoms with Gasteiger partial charge in [0.1, 0.15) is 0 Å². The Morgan fingerprint density at radius 1 is 1.50 bits per heavy atom. The van der Waals surface area contributed by atoms with Gasteiger partial charge in [0.25, 0.3) is 0 Å². The minimum Gasteiger partial charge on any atom is -0.270 e. The molecule has 0 bridgehead atoms. The average molecular weight is 137 g/mol. The first-order valence-electron chi connectivity index (χ1n) is 3.66. The summed E-state index contributed by atoms with van der Waals surface area (Å²) in [7, 11) is 3.70. The molecule has 0 spiro atoms. The van der Waals surface area contributed by atoms with Crippen molar-refractivity contribution in [3.05, 3.63) is 24.5 Å². The molecule has 0 aliphatic rings. The van der Waals surface area contributed by atoms with Crippen LogP contribution in [-0.2, 0) is 12.8 Å². The number of aryl methyl sites for hydroxylation is 2. The minimum absolute atomic E-state index is 1.01. The Morgan fingerprint density at radius 3 is 2.60 bits per heavy atom. The van der Waals surface area contributed by atoms with Crippen molar-refractivity contribution >= 4 is 0 Å². The number of rotatable bonds is 2. The van der Waals surface area contributed by atoms with Crippen molar-refractivity contribution in [2.75, 3.05) is 0 Å². The first-order valence-corrected chi connectivity index (χ1v) is 3.66. The summed E-state index contributed by atoms with van der Waals surface area (Å²) >= 11 is 0. The number of aromatic nitrogens is 2. The predicted octanol–water partition coefficient (Wildman–Crippen LogP) is 1.65. The molecule has 2 heteroatoms. The first-order chi connectivity index (χ1) is 4.77. The van der Waals surface area contributed by atoms with Crippen LogP contribution in [0.4, 0.5) is 0 Å². The lowest BCUT2D eigenvalue weighted by atomic mass is 10.2. The highest BCUT2D eigenvalue weighted by Crippen LogP contribution is 2.06. The maximum atomic E-state index is 4.21. The normalized spacial score (nSPS) is 10.3. The van der Waals surface area contributed by atoms with E-state index in [1.54, 1.807) is 4.68 Å². The van der Waals surface area contributed by atoms with E-state index >= 15 is 0 Å². The summed E-state index contributed by atoms with van der Waals surface area (Å²) in [5.74, 6) is 0. The van der Waals surface area contributed by atoms with Gasteiger partial charge < -0.3 is 0 Å². The molecule has 2 nitrogen and oxygen atoms in total. The van der Waals surface area contributed by atoms with Crippen LogP contribution in [-0.4, -0.2) is 9.78 Å². The van der Waals surface area contributed by atoms with Gasteiger partial charge in [0.05, 0.1) is 12.7 Å². The van der Waals surface area contributed by atoms with Gasteiger partial charge in [0.15, 0.2) is 0 Å². The maximum absolute atomic E-state index is 4.21. The van der Waals surface area contributed by atoms with Crippen molar-refractivity contribution in [2.45, 2.75) is 26.7 Å². The molecule has 0 N–H and O–H groups in total. The van der Waals surface area contributed by atoms with Crippen LogP contribution in [0.1, 0.15) is 25.1 Å². The zero-order valence-corrected chi connectivity index (χ0v) is 6.59. The van der Waals surface area contributed by atoms with Gasteiger partial charge in [-0.2, -0.15) is 5.10 Å². The third-order valence-electron chi connectivity index (χ3n) is 1.64. The largest absolute Gasteiger partial charge is 0.270 e. The predicted molar refractivity (Wildman–Crippen MR) is 41.7 cm³/mol. The van der Waals surface area contributed by atoms with E-state index in [0.717, 1.165) is 12.8 Å². The van der Waals surface area contributed by atoms with Crippen LogP contribution in [0.15, 0.2) is 6.20 Å². The van der Waals surface area contributed by atoms with E-state index in [-0.39, 0.29) is 0 Å². The lowest BCUT2D eigenvalue weighted by Crippen LogP contribution is -1.88. The van der Waals surface area contributed by atoms with Crippen LogP contribution < -0.4 is 0 Å². The molecule has 1 rings (SSSR count). The summed E-state index contributed by atoms with van der Waals surface area (Å²) in [5.41, 5.74) is 2.50. The van der Waals surface area contributed by atoms with Crippen LogP contribution >= 0.6 is 0 Å². The standard InChI is InChI=1S/C8H13N2/c1-4-7-6-10(3)9-8(7)5-2/h6H,3-5H2,1-2H3. The molecule has 0 atom stereocenters. The second kappa shape index (κ2) is 2.86. The summed E-state index contributed by atoms with van der Waals surface area (Å²) in [6, 6.07) is 0. The Balaban J connectivity index is 2.96. The van der Waals surface area contributed by atoms with E-state index in [1.807, 2.05) is 6.20 Å². The minimum atomic E-state index is 1.01. The highest BCUT2D eigenvalue weighted by molar-refractivity contribution is 5.16.